The summed E-state index contributed by atoms with van der Waals surface area (Å²) in [6.45, 7) is 3.70. The molecule has 0 saturated heterocycles. The molecule has 16 heavy (non-hydrogen) atoms. The molecule has 0 spiro atoms. The van der Waals surface area contributed by atoms with E-state index in [1.165, 1.54) is 6.08 Å². The van der Waals surface area contributed by atoms with Gasteiger partial charge in [0, 0.05) is 17.6 Å². The third-order valence-electron chi connectivity index (χ3n) is 2.14. The van der Waals surface area contributed by atoms with Gasteiger partial charge in [0.15, 0.2) is 5.78 Å². The van der Waals surface area contributed by atoms with Crippen LogP contribution in [0.1, 0.15) is 29.8 Å². The van der Waals surface area contributed by atoms with Gasteiger partial charge in [-0.3, -0.25) is 4.79 Å². The average Bonchev–Trinajstić information content (AvgIpc) is 2.26. The summed E-state index contributed by atoms with van der Waals surface area (Å²) in [5.74, 6) is -0.920. The Balaban J connectivity index is 2.83. The fourth-order valence-corrected chi connectivity index (χ4v) is 1.26. The summed E-state index contributed by atoms with van der Waals surface area (Å²) < 4.78 is 0. The van der Waals surface area contributed by atoms with Gasteiger partial charge >= 0.3 is 5.97 Å². The zero-order valence-corrected chi connectivity index (χ0v) is 9.31. The van der Waals surface area contributed by atoms with Crippen LogP contribution in [-0.4, -0.2) is 16.9 Å². The standard InChI is InChI=1S/C13H14O3/c1-9(2)13(16)11-6-3-10(4-7-11)5-8-12(14)15/h3-9H,1-2H3,(H,14,15). The maximum absolute atomic E-state index is 11.6. The molecule has 1 N–H and O–H groups in total. The first kappa shape index (κ1) is 12.2. The van der Waals surface area contributed by atoms with Crippen LogP contribution >= 0.6 is 0 Å². The topological polar surface area (TPSA) is 54.4 Å². The normalized spacial score (nSPS) is 10.9. The summed E-state index contributed by atoms with van der Waals surface area (Å²) >= 11 is 0. The number of aliphatic carboxylic acids is 1. The summed E-state index contributed by atoms with van der Waals surface area (Å²) in [7, 11) is 0. The SMILES string of the molecule is CC(C)C(=O)c1ccc(C=CC(=O)O)cc1. The molecule has 0 atom stereocenters. The lowest BCUT2D eigenvalue weighted by molar-refractivity contribution is -0.131. The molecule has 3 nitrogen and oxygen atoms in total. The second kappa shape index (κ2) is 5.26. The van der Waals surface area contributed by atoms with E-state index in [0.717, 1.165) is 11.6 Å². The van der Waals surface area contributed by atoms with Crippen molar-refractivity contribution in [3.05, 3.63) is 41.5 Å². The van der Waals surface area contributed by atoms with E-state index in [2.05, 4.69) is 0 Å². The van der Waals surface area contributed by atoms with Gasteiger partial charge in [0.05, 0.1) is 0 Å². The molecular formula is C13H14O3. The van der Waals surface area contributed by atoms with Gasteiger partial charge in [-0.1, -0.05) is 38.1 Å². The third kappa shape index (κ3) is 3.35. The molecule has 1 aromatic carbocycles. The molecule has 1 rings (SSSR count). The number of hydrogen-bond acceptors (Lipinski definition) is 2. The molecule has 0 bridgehead atoms. The van der Waals surface area contributed by atoms with E-state index < -0.39 is 5.97 Å². The van der Waals surface area contributed by atoms with Gasteiger partial charge in [-0.05, 0) is 11.6 Å². The molecule has 0 saturated carbocycles. The van der Waals surface area contributed by atoms with E-state index in [1.807, 2.05) is 13.8 Å². The first-order valence-corrected chi connectivity index (χ1v) is 5.06. The predicted molar refractivity (Wildman–Crippen MR) is 62.3 cm³/mol. The van der Waals surface area contributed by atoms with Crippen molar-refractivity contribution in [3.8, 4) is 0 Å². The summed E-state index contributed by atoms with van der Waals surface area (Å²) in [6, 6.07) is 6.89. The number of rotatable bonds is 4. The largest absolute Gasteiger partial charge is 0.478 e. The molecule has 0 amide bonds. The van der Waals surface area contributed by atoms with Crippen molar-refractivity contribution in [2.75, 3.05) is 0 Å². The quantitative estimate of drug-likeness (QED) is 0.624. The highest BCUT2D eigenvalue weighted by Crippen LogP contribution is 2.11. The maximum atomic E-state index is 11.6. The first-order valence-electron chi connectivity index (χ1n) is 5.06. The van der Waals surface area contributed by atoms with Crippen molar-refractivity contribution < 1.29 is 14.7 Å². The highest BCUT2D eigenvalue weighted by Gasteiger charge is 2.09. The molecule has 3 heteroatoms. The number of Topliss-reactive ketones (excluding diaryl/α,β-unsaturated/α-hetero) is 1. The number of hydrogen-bond donors (Lipinski definition) is 1. The molecular weight excluding hydrogens is 204 g/mol. The van der Waals surface area contributed by atoms with Crippen LogP contribution in [0.3, 0.4) is 0 Å². The third-order valence-corrected chi connectivity index (χ3v) is 2.14. The minimum Gasteiger partial charge on any atom is -0.478 e. The Bertz CT molecular complexity index is 413. The van der Waals surface area contributed by atoms with E-state index in [0.29, 0.717) is 5.56 Å². The van der Waals surface area contributed by atoms with Gasteiger partial charge in [0.1, 0.15) is 0 Å². The molecule has 84 valence electrons. The van der Waals surface area contributed by atoms with Gasteiger partial charge in [0.2, 0.25) is 0 Å². The second-order valence-electron chi connectivity index (χ2n) is 3.81. The molecule has 0 unspecified atom stereocenters. The van der Waals surface area contributed by atoms with Crippen LogP contribution in [0.15, 0.2) is 30.3 Å². The van der Waals surface area contributed by atoms with Crippen LogP contribution in [-0.2, 0) is 4.79 Å². The highest BCUT2D eigenvalue weighted by molar-refractivity contribution is 5.97. The van der Waals surface area contributed by atoms with Crippen molar-refractivity contribution in [1.29, 1.82) is 0 Å². The smallest absolute Gasteiger partial charge is 0.328 e. The Hall–Kier alpha value is -1.90. The Morgan fingerprint density at radius 3 is 2.19 bits per heavy atom. The summed E-state index contributed by atoms with van der Waals surface area (Å²) in [5, 5.41) is 8.45. The monoisotopic (exact) mass is 218 g/mol. The number of carboxylic acids is 1. The first-order chi connectivity index (χ1) is 7.50. The van der Waals surface area contributed by atoms with Crippen LogP contribution in [0.25, 0.3) is 6.08 Å². The van der Waals surface area contributed by atoms with Crippen LogP contribution in [0.2, 0.25) is 0 Å². The average molecular weight is 218 g/mol. The van der Waals surface area contributed by atoms with Crippen molar-refractivity contribution >= 4 is 17.8 Å². The van der Waals surface area contributed by atoms with E-state index >= 15 is 0 Å². The number of ketones is 1. The van der Waals surface area contributed by atoms with Crippen molar-refractivity contribution in [2.45, 2.75) is 13.8 Å². The van der Waals surface area contributed by atoms with Crippen LogP contribution in [0.5, 0.6) is 0 Å². The lowest BCUT2D eigenvalue weighted by atomic mass is 10.00. The second-order valence-corrected chi connectivity index (χ2v) is 3.81. The van der Waals surface area contributed by atoms with Gasteiger partial charge < -0.3 is 5.11 Å². The zero-order valence-electron chi connectivity index (χ0n) is 9.31. The number of benzene rings is 1. The molecule has 0 radical (unpaired) electrons. The van der Waals surface area contributed by atoms with Gasteiger partial charge in [0.25, 0.3) is 0 Å². The number of carbonyl (C=O) groups is 2. The summed E-state index contributed by atoms with van der Waals surface area (Å²) in [6.07, 6.45) is 2.56. The maximum Gasteiger partial charge on any atom is 0.328 e. The molecule has 0 aliphatic carbocycles. The van der Waals surface area contributed by atoms with E-state index in [9.17, 15) is 9.59 Å². The Labute approximate surface area is 94.4 Å². The van der Waals surface area contributed by atoms with E-state index in [4.69, 9.17) is 5.11 Å². The molecule has 1 aromatic rings. The zero-order chi connectivity index (χ0) is 12.1. The van der Waals surface area contributed by atoms with Gasteiger partial charge in [-0.15, -0.1) is 0 Å². The highest BCUT2D eigenvalue weighted by atomic mass is 16.4. The number of carbonyl (C=O) groups excluding carboxylic acids is 1. The van der Waals surface area contributed by atoms with Crippen molar-refractivity contribution in [3.63, 3.8) is 0 Å². The van der Waals surface area contributed by atoms with Crippen LogP contribution in [0, 0.1) is 5.92 Å². The lowest BCUT2D eigenvalue weighted by Gasteiger charge is -2.03. The molecule has 0 aromatic heterocycles. The fraction of sp³-hybridized carbons (Fsp3) is 0.231. The summed E-state index contributed by atoms with van der Waals surface area (Å²) in [5.41, 5.74) is 1.42. The van der Waals surface area contributed by atoms with Gasteiger partial charge in [-0.2, -0.15) is 0 Å². The summed E-state index contributed by atoms with van der Waals surface area (Å²) in [4.78, 5) is 21.9. The molecule has 0 fully saturated rings. The predicted octanol–water partition coefficient (Wildman–Crippen LogP) is 2.62. The molecule has 0 aliphatic rings. The minimum absolute atomic E-state index is 0.0274. The Morgan fingerprint density at radius 1 is 1.19 bits per heavy atom. The van der Waals surface area contributed by atoms with Gasteiger partial charge in [-0.25, -0.2) is 4.79 Å². The Morgan fingerprint density at radius 2 is 1.75 bits per heavy atom. The molecule has 0 heterocycles. The van der Waals surface area contributed by atoms with Crippen molar-refractivity contribution in [2.24, 2.45) is 5.92 Å². The molecule has 0 aliphatic heterocycles. The van der Waals surface area contributed by atoms with Crippen LogP contribution < -0.4 is 0 Å². The van der Waals surface area contributed by atoms with E-state index in [1.54, 1.807) is 24.3 Å². The van der Waals surface area contributed by atoms with Crippen LogP contribution in [0.4, 0.5) is 0 Å². The Kier molecular flexibility index (Phi) is 4.00. The fourth-order valence-electron chi connectivity index (χ4n) is 1.26. The minimum atomic E-state index is -0.984. The lowest BCUT2D eigenvalue weighted by Crippen LogP contribution is -2.06. The van der Waals surface area contributed by atoms with Crippen molar-refractivity contribution in [1.82, 2.24) is 0 Å². The van der Waals surface area contributed by atoms with E-state index in [-0.39, 0.29) is 11.7 Å². The number of carboxylic acid groups (broad SMARTS) is 1.